The van der Waals surface area contributed by atoms with Crippen LogP contribution in [0.2, 0.25) is 0 Å². The Kier molecular flexibility index (Phi) is 5.07. The number of likely N-dealkylation sites (tertiary alicyclic amines) is 1. The number of halogens is 1. The number of allylic oxidation sites excluding steroid dienone is 3. The minimum Gasteiger partial charge on any atom is -0.366 e. The quantitative estimate of drug-likeness (QED) is 0.799. The molecule has 3 atom stereocenters. The minimum atomic E-state index is -0.957. The summed E-state index contributed by atoms with van der Waals surface area (Å²) in [6, 6.07) is 0.233. The van der Waals surface area contributed by atoms with Crippen molar-refractivity contribution in [1.82, 2.24) is 14.7 Å². The Morgan fingerprint density at radius 1 is 1.28 bits per heavy atom. The fourth-order valence-electron chi connectivity index (χ4n) is 5.45. The van der Waals surface area contributed by atoms with Gasteiger partial charge in [-0.3, -0.25) is 4.79 Å². The molecule has 6 heteroatoms. The normalized spacial score (nSPS) is 29.6. The Bertz CT molecular complexity index is 836. The highest BCUT2D eigenvalue weighted by molar-refractivity contribution is 5.99. The van der Waals surface area contributed by atoms with Crippen LogP contribution in [0.15, 0.2) is 30.5 Å². The van der Waals surface area contributed by atoms with Gasteiger partial charge in [-0.15, -0.1) is 0 Å². The highest BCUT2D eigenvalue weighted by atomic mass is 19.1. The summed E-state index contributed by atoms with van der Waals surface area (Å²) in [5.41, 5.74) is -0.0244. The SMILES string of the molecule is CCC1(CC)CC(F)CN1C(=O)c1cnn2c1N[C@@H](C1C=CC=CC1)CC2(C)C. The van der Waals surface area contributed by atoms with Crippen LogP contribution in [0.1, 0.15) is 70.2 Å². The number of anilines is 1. The van der Waals surface area contributed by atoms with Gasteiger partial charge in [0.05, 0.1) is 18.3 Å². The van der Waals surface area contributed by atoms with E-state index >= 15 is 0 Å². The second-order valence-corrected chi connectivity index (χ2v) is 9.45. The number of amides is 1. The Hall–Kier alpha value is -2.11. The molecule has 1 saturated heterocycles. The molecule has 0 bridgehead atoms. The first kappa shape index (κ1) is 20.2. The van der Waals surface area contributed by atoms with E-state index in [1.165, 1.54) is 0 Å². The van der Waals surface area contributed by atoms with Gasteiger partial charge >= 0.3 is 0 Å². The number of aromatic nitrogens is 2. The van der Waals surface area contributed by atoms with Crippen LogP contribution in [0, 0.1) is 5.92 Å². The van der Waals surface area contributed by atoms with E-state index in [0.717, 1.165) is 31.5 Å². The van der Waals surface area contributed by atoms with Crippen molar-refractivity contribution in [3.63, 3.8) is 0 Å². The Balaban J connectivity index is 1.67. The van der Waals surface area contributed by atoms with Gasteiger partial charge in [0.2, 0.25) is 0 Å². The van der Waals surface area contributed by atoms with Gasteiger partial charge < -0.3 is 10.2 Å². The highest BCUT2D eigenvalue weighted by Gasteiger charge is 2.47. The van der Waals surface area contributed by atoms with Crippen molar-refractivity contribution in [2.24, 2.45) is 5.92 Å². The number of carbonyl (C=O) groups excluding carboxylic acids is 1. The molecule has 0 radical (unpaired) electrons. The third-order valence-corrected chi connectivity index (χ3v) is 7.26. The first-order valence-corrected chi connectivity index (χ1v) is 11.0. The molecule has 5 nitrogen and oxygen atoms in total. The maximum atomic E-state index is 14.4. The van der Waals surface area contributed by atoms with Crippen LogP contribution in [0.4, 0.5) is 10.2 Å². The summed E-state index contributed by atoms with van der Waals surface area (Å²) in [7, 11) is 0. The van der Waals surface area contributed by atoms with E-state index in [1.54, 1.807) is 11.1 Å². The van der Waals surface area contributed by atoms with Crippen LogP contribution in [0.5, 0.6) is 0 Å². The standard InChI is InChI=1S/C23H33FN4O/c1-5-23(6-2)12-17(24)15-27(23)21(29)18-14-25-28-20(18)26-19(13-22(28,3)4)16-10-8-7-9-11-16/h7-10,14,16-17,19,26H,5-6,11-13,15H2,1-4H3/t16?,17?,19-/m1/s1. The highest BCUT2D eigenvalue weighted by Crippen LogP contribution is 2.41. The largest absolute Gasteiger partial charge is 0.366 e. The molecule has 0 aromatic carbocycles. The molecule has 1 aromatic rings. The van der Waals surface area contributed by atoms with E-state index in [9.17, 15) is 9.18 Å². The van der Waals surface area contributed by atoms with Gasteiger partial charge in [-0.25, -0.2) is 9.07 Å². The van der Waals surface area contributed by atoms with E-state index in [2.05, 4.69) is 62.4 Å². The van der Waals surface area contributed by atoms with E-state index in [-0.39, 0.29) is 24.0 Å². The third kappa shape index (κ3) is 3.30. The van der Waals surface area contributed by atoms with E-state index in [4.69, 9.17) is 0 Å². The molecule has 2 unspecified atom stereocenters. The van der Waals surface area contributed by atoms with Gasteiger partial charge in [-0.1, -0.05) is 38.2 Å². The summed E-state index contributed by atoms with van der Waals surface area (Å²) in [6.45, 7) is 8.62. The summed E-state index contributed by atoms with van der Waals surface area (Å²) in [4.78, 5) is 15.4. The maximum Gasteiger partial charge on any atom is 0.259 e. The second-order valence-electron chi connectivity index (χ2n) is 9.45. The average Bonchev–Trinajstić information content (AvgIpc) is 3.29. The monoisotopic (exact) mass is 400 g/mol. The lowest BCUT2D eigenvalue weighted by molar-refractivity contribution is 0.0572. The molecule has 0 spiro atoms. The lowest BCUT2D eigenvalue weighted by Gasteiger charge is -2.41. The van der Waals surface area contributed by atoms with Crippen molar-refractivity contribution >= 4 is 11.7 Å². The number of rotatable bonds is 4. The number of carbonyl (C=O) groups is 1. The first-order chi connectivity index (χ1) is 13.8. The lowest BCUT2D eigenvalue weighted by Crippen LogP contribution is -2.48. The molecular weight excluding hydrogens is 367 g/mol. The van der Waals surface area contributed by atoms with Gasteiger partial charge in [-0.2, -0.15) is 5.10 Å². The van der Waals surface area contributed by atoms with Crippen molar-refractivity contribution in [3.8, 4) is 0 Å². The zero-order valence-corrected chi connectivity index (χ0v) is 18.0. The van der Waals surface area contributed by atoms with E-state index < -0.39 is 11.7 Å². The summed E-state index contributed by atoms with van der Waals surface area (Å²) in [5, 5.41) is 8.20. The molecule has 3 heterocycles. The molecule has 29 heavy (non-hydrogen) atoms. The van der Waals surface area contributed by atoms with Crippen LogP contribution in [-0.4, -0.2) is 44.9 Å². The fraction of sp³-hybridized carbons (Fsp3) is 0.652. The van der Waals surface area contributed by atoms with Gasteiger partial charge in [0, 0.05) is 23.9 Å². The number of hydrogen-bond donors (Lipinski definition) is 1. The third-order valence-electron chi connectivity index (χ3n) is 7.26. The number of nitrogens with zero attached hydrogens (tertiary/aromatic N) is 3. The number of hydrogen-bond acceptors (Lipinski definition) is 3. The first-order valence-electron chi connectivity index (χ1n) is 11.0. The molecule has 1 aromatic heterocycles. The molecule has 2 aliphatic heterocycles. The molecular formula is C23H33FN4O. The summed E-state index contributed by atoms with van der Waals surface area (Å²) >= 11 is 0. The number of fused-ring (bicyclic) bond motifs is 1. The van der Waals surface area contributed by atoms with Crippen molar-refractivity contribution in [2.45, 2.75) is 83.1 Å². The van der Waals surface area contributed by atoms with Crippen molar-refractivity contribution in [2.75, 3.05) is 11.9 Å². The molecule has 0 saturated carbocycles. The maximum absolute atomic E-state index is 14.4. The fourth-order valence-corrected chi connectivity index (χ4v) is 5.45. The van der Waals surface area contributed by atoms with Gasteiger partial charge in [0.15, 0.2) is 0 Å². The Morgan fingerprint density at radius 2 is 2.03 bits per heavy atom. The molecule has 158 valence electrons. The van der Waals surface area contributed by atoms with Crippen molar-refractivity contribution in [3.05, 3.63) is 36.1 Å². The molecule has 1 aliphatic carbocycles. The van der Waals surface area contributed by atoms with Crippen LogP contribution < -0.4 is 5.32 Å². The van der Waals surface area contributed by atoms with Gasteiger partial charge in [0.25, 0.3) is 5.91 Å². The van der Waals surface area contributed by atoms with Gasteiger partial charge in [-0.05, 0) is 39.5 Å². The number of alkyl halides is 1. The molecule has 3 aliphatic rings. The van der Waals surface area contributed by atoms with Gasteiger partial charge in [0.1, 0.15) is 17.6 Å². The second kappa shape index (κ2) is 7.29. The minimum absolute atomic E-state index is 0.0990. The zero-order chi connectivity index (χ0) is 20.8. The van der Waals surface area contributed by atoms with Crippen molar-refractivity contribution in [1.29, 1.82) is 0 Å². The predicted molar refractivity (Wildman–Crippen MR) is 114 cm³/mol. The summed E-state index contributed by atoms with van der Waals surface area (Å²) in [6.07, 6.45) is 13.2. The lowest BCUT2D eigenvalue weighted by atomic mass is 9.83. The summed E-state index contributed by atoms with van der Waals surface area (Å²) in [5.74, 6) is 1.07. The van der Waals surface area contributed by atoms with E-state index in [1.807, 2.05) is 4.68 Å². The predicted octanol–water partition coefficient (Wildman–Crippen LogP) is 4.68. The van der Waals surface area contributed by atoms with Crippen LogP contribution in [0.25, 0.3) is 0 Å². The smallest absolute Gasteiger partial charge is 0.259 e. The molecule has 1 fully saturated rings. The van der Waals surface area contributed by atoms with Crippen LogP contribution >= 0.6 is 0 Å². The Labute approximate surface area is 173 Å². The molecule has 4 rings (SSSR count). The summed E-state index contributed by atoms with van der Waals surface area (Å²) < 4.78 is 16.3. The van der Waals surface area contributed by atoms with Crippen molar-refractivity contribution < 1.29 is 9.18 Å². The number of nitrogens with one attached hydrogen (secondary N) is 1. The van der Waals surface area contributed by atoms with Crippen LogP contribution in [-0.2, 0) is 5.54 Å². The average molecular weight is 401 g/mol. The molecule has 1 N–H and O–H groups in total. The zero-order valence-electron chi connectivity index (χ0n) is 18.0. The van der Waals surface area contributed by atoms with Crippen LogP contribution in [0.3, 0.4) is 0 Å². The Morgan fingerprint density at radius 3 is 2.69 bits per heavy atom. The molecule has 1 amide bonds. The van der Waals surface area contributed by atoms with E-state index in [0.29, 0.717) is 17.9 Å². The topological polar surface area (TPSA) is 50.2 Å².